The Hall–Kier alpha value is -2.29. The summed E-state index contributed by atoms with van der Waals surface area (Å²) in [6.45, 7) is 9.76. The molecule has 116 valence electrons. The third-order valence-corrected chi connectivity index (χ3v) is 3.61. The second-order valence-electron chi connectivity index (χ2n) is 5.84. The first-order valence-corrected chi connectivity index (χ1v) is 7.49. The van der Waals surface area contributed by atoms with E-state index < -0.39 is 6.10 Å². The SMILES string of the molecule is Cc1cc(C)cc(OC(C)C(=O)Nc2c(C)cccc2C)c1. The predicted molar refractivity (Wildman–Crippen MR) is 90.6 cm³/mol. The summed E-state index contributed by atoms with van der Waals surface area (Å²) in [5.41, 5.74) is 5.21. The predicted octanol–water partition coefficient (Wildman–Crippen LogP) is 4.33. The minimum absolute atomic E-state index is 0.142. The summed E-state index contributed by atoms with van der Waals surface area (Å²) in [7, 11) is 0. The van der Waals surface area contributed by atoms with Crippen LogP contribution in [0.3, 0.4) is 0 Å². The largest absolute Gasteiger partial charge is 0.481 e. The highest BCUT2D eigenvalue weighted by Crippen LogP contribution is 2.21. The van der Waals surface area contributed by atoms with Crippen molar-refractivity contribution in [2.24, 2.45) is 0 Å². The van der Waals surface area contributed by atoms with Gasteiger partial charge in [-0.1, -0.05) is 24.3 Å². The first kappa shape index (κ1) is 16.1. The smallest absolute Gasteiger partial charge is 0.265 e. The average Bonchev–Trinajstić information content (AvgIpc) is 2.41. The van der Waals surface area contributed by atoms with Crippen LogP contribution in [0.1, 0.15) is 29.2 Å². The quantitative estimate of drug-likeness (QED) is 0.912. The number of amides is 1. The maximum Gasteiger partial charge on any atom is 0.265 e. The van der Waals surface area contributed by atoms with Gasteiger partial charge in [0, 0.05) is 5.69 Å². The van der Waals surface area contributed by atoms with E-state index in [0.717, 1.165) is 33.7 Å². The van der Waals surface area contributed by atoms with E-state index in [2.05, 4.69) is 11.4 Å². The van der Waals surface area contributed by atoms with Gasteiger partial charge in [-0.15, -0.1) is 0 Å². The first-order chi connectivity index (χ1) is 10.4. The molecule has 22 heavy (non-hydrogen) atoms. The van der Waals surface area contributed by atoms with E-state index in [-0.39, 0.29) is 5.91 Å². The van der Waals surface area contributed by atoms with Crippen molar-refractivity contribution in [1.82, 2.24) is 0 Å². The van der Waals surface area contributed by atoms with Gasteiger partial charge in [0.1, 0.15) is 5.75 Å². The summed E-state index contributed by atoms with van der Waals surface area (Å²) in [6.07, 6.45) is -0.555. The standard InChI is InChI=1S/C19H23NO2/c1-12-9-13(2)11-17(10-12)22-16(5)19(21)20-18-14(3)7-6-8-15(18)4/h6-11,16H,1-5H3,(H,20,21). The van der Waals surface area contributed by atoms with Crippen LogP contribution in [-0.4, -0.2) is 12.0 Å². The molecule has 3 heteroatoms. The molecule has 2 rings (SSSR count). The molecule has 1 atom stereocenters. The minimum atomic E-state index is -0.555. The highest BCUT2D eigenvalue weighted by atomic mass is 16.5. The fourth-order valence-electron chi connectivity index (χ4n) is 2.50. The molecule has 0 bridgehead atoms. The van der Waals surface area contributed by atoms with Crippen molar-refractivity contribution >= 4 is 11.6 Å². The molecule has 0 aromatic heterocycles. The van der Waals surface area contributed by atoms with E-state index in [4.69, 9.17) is 4.74 Å². The monoisotopic (exact) mass is 297 g/mol. The zero-order valence-corrected chi connectivity index (χ0v) is 13.9. The van der Waals surface area contributed by atoms with Crippen molar-refractivity contribution in [3.05, 3.63) is 58.7 Å². The average molecular weight is 297 g/mol. The summed E-state index contributed by atoms with van der Waals surface area (Å²) in [5, 5.41) is 2.96. The first-order valence-electron chi connectivity index (χ1n) is 7.49. The molecule has 2 aromatic rings. The van der Waals surface area contributed by atoms with Crippen molar-refractivity contribution < 1.29 is 9.53 Å². The number of hydrogen-bond acceptors (Lipinski definition) is 2. The molecule has 1 amide bonds. The minimum Gasteiger partial charge on any atom is -0.481 e. The molecule has 3 nitrogen and oxygen atoms in total. The van der Waals surface area contributed by atoms with E-state index >= 15 is 0 Å². The summed E-state index contributed by atoms with van der Waals surface area (Å²) in [5.74, 6) is 0.582. The second kappa shape index (κ2) is 6.65. The van der Waals surface area contributed by atoms with Crippen molar-refractivity contribution in [1.29, 1.82) is 0 Å². The zero-order valence-electron chi connectivity index (χ0n) is 13.9. The molecule has 0 aliphatic heterocycles. The van der Waals surface area contributed by atoms with Gasteiger partial charge in [-0.2, -0.15) is 0 Å². The van der Waals surface area contributed by atoms with Crippen molar-refractivity contribution in [3.63, 3.8) is 0 Å². The van der Waals surface area contributed by atoms with Crippen LogP contribution >= 0.6 is 0 Å². The van der Waals surface area contributed by atoms with Gasteiger partial charge < -0.3 is 10.1 Å². The Labute approximate surface area is 132 Å². The molecule has 0 radical (unpaired) electrons. The van der Waals surface area contributed by atoms with E-state index in [1.165, 1.54) is 0 Å². The van der Waals surface area contributed by atoms with Crippen LogP contribution in [0.15, 0.2) is 36.4 Å². The van der Waals surface area contributed by atoms with Gasteiger partial charge in [-0.05, 0) is 69.0 Å². The molecule has 0 fully saturated rings. The molecule has 1 N–H and O–H groups in total. The molecule has 1 unspecified atom stereocenters. The summed E-state index contributed by atoms with van der Waals surface area (Å²) in [6, 6.07) is 11.9. The highest BCUT2D eigenvalue weighted by Gasteiger charge is 2.16. The fourth-order valence-corrected chi connectivity index (χ4v) is 2.50. The third-order valence-electron chi connectivity index (χ3n) is 3.61. The molecule has 0 aliphatic carbocycles. The van der Waals surface area contributed by atoms with Gasteiger partial charge in [0.2, 0.25) is 0 Å². The van der Waals surface area contributed by atoms with Crippen LogP contribution in [0.2, 0.25) is 0 Å². The molecule has 0 saturated heterocycles. The van der Waals surface area contributed by atoms with Crippen LogP contribution in [0, 0.1) is 27.7 Å². The Balaban J connectivity index is 2.09. The van der Waals surface area contributed by atoms with Crippen LogP contribution in [0.25, 0.3) is 0 Å². The summed E-state index contributed by atoms with van der Waals surface area (Å²) >= 11 is 0. The van der Waals surface area contributed by atoms with Gasteiger partial charge in [0.05, 0.1) is 0 Å². The molecule has 0 heterocycles. The Morgan fingerprint density at radius 1 is 1.00 bits per heavy atom. The van der Waals surface area contributed by atoms with E-state index in [9.17, 15) is 4.79 Å². The molecular formula is C19H23NO2. The maximum atomic E-state index is 12.4. The van der Waals surface area contributed by atoms with E-state index in [1.54, 1.807) is 6.92 Å². The number of ether oxygens (including phenoxy) is 1. The van der Waals surface area contributed by atoms with Crippen LogP contribution < -0.4 is 10.1 Å². The van der Waals surface area contributed by atoms with Crippen LogP contribution in [0.4, 0.5) is 5.69 Å². The lowest BCUT2D eigenvalue weighted by Gasteiger charge is -2.17. The molecular weight excluding hydrogens is 274 g/mol. The fraction of sp³-hybridized carbons (Fsp3) is 0.316. The van der Waals surface area contributed by atoms with Crippen LogP contribution in [0.5, 0.6) is 5.75 Å². The lowest BCUT2D eigenvalue weighted by Crippen LogP contribution is -2.30. The van der Waals surface area contributed by atoms with Crippen molar-refractivity contribution in [2.45, 2.75) is 40.7 Å². The molecule has 0 saturated carbocycles. The normalized spacial score (nSPS) is 11.9. The molecule has 0 spiro atoms. The van der Waals surface area contributed by atoms with Gasteiger partial charge in [-0.3, -0.25) is 4.79 Å². The number of anilines is 1. The summed E-state index contributed by atoms with van der Waals surface area (Å²) < 4.78 is 5.78. The zero-order chi connectivity index (χ0) is 16.3. The number of carbonyl (C=O) groups is 1. The Kier molecular flexibility index (Phi) is 4.86. The summed E-state index contributed by atoms with van der Waals surface area (Å²) in [4.78, 5) is 12.4. The molecule has 2 aromatic carbocycles. The van der Waals surface area contributed by atoms with Gasteiger partial charge >= 0.3 is 0 Å². The number of aryl methyl sites for hydroxylation is 4. The van der Waals surface area contributed by atoms with Crippen molar-refractivity contribution in [3.8, 4) is 5.75 Å². The Morgan fingerprint density at radius 2 is 1.55 bits per heavy atom. The number of carbonyl (C=O) groups excluding carboxylic acids is 1. The van der Waals surface area contributed by atoms with Gasteiger partial charge in [0.25, 0.3) is 5.91 Å². The highest BCUT2D eigenvalue weighted by molar-refractivity contribution is 5.95. The number of para-hydroxylation sites is 1. The van der Waals surface area contributed by atoms with Crippen LogP contribution in [-0.2, 0) is 4.79 Å². The number of hydrogen-bond donors (Lipinski definition) is 1. The Bertz CT molecular complexity index is 651. The number of rotatable bonds is 4. The Morgan fingerprint density at radius 3 is 2.09 bits per heavy atom. The van der Waals surface area contributed by atoms with Gasteiger partial charge in [-0.25, -0.2) is 0 Å². The third kappa shape index (κ3) is 3.88. The lowest BCUT2D eigenvalue weighted by molar-refractivity contribution is -0.122. The van der Waals surface area contributed by atoms with Crippen molar-refractivity contribution in [2.75, 3.05) is 5.32 Å². The van der Waals surface area contributed by atoms with E-state index in [0.29, 0.717) is 0 Å². The van der Waals surface area contributed by atoms with Gasteiger partial charge in [0.15, 0.2) is 6.10 Å². The molecule has 0 aliphatic rings. The van der Waals surface area contributed by atoms with E-state index in [1.807, 2.05) is 58.0 Å². The lowest BCUT2D eigenvalue weighted by atomic mass is 10.1. The number of nitrogens with one attached hydrogen (secondary N) is 1. The number of benzene rings is 2. The maximum absolute atomic E-state index is 12.4. The second-order valence-corrected chi connectivity index (χ2v) is 5.84. The topological polar surface area (TPSA) is 38.3 Å².